The van der Waals surface area contributed by atoms with Crippen molar-refractivity contribution in [3.63, 3.8) is 0 Å². The minimum atomic E-state index is 1.21. The molecule has 0 atom stereocenters. The third-order valence-electron chi connectivity index (χ3n) is 2.21. The van der Waals surface area contributed by atoms with Gasteiger partial charge >= 0.3 is 0 Å². The molecule has 0 amide bonds. The molecule has 0 fully saturated rings. The quantitative estimate of drug-likeness (QED) is 0.642. The van der Waals surface area contributed by atoms with Crippen molar-refractivity contribution < 1.29 is 0 Å². The second kappa shape index (κ2) is 4.97. The van der Waals surface area contributed by atoms with Gasteiger partial charge in [0.25, 0.3) is 0 Å². The smallest absolute Gasteiger partial charge is 0.0187 e. The van der Waals surface area contributed by atoms with E-state index in [0.29, 0.717) is 0 Å². The van der Waals surface area contributed by atoms with Crippen LogP contribution in [0, 0.1) is 0 Å². The predicted molar refractivity (Wildman–Crippen MR) is 63.4 cm³/mol. The number of thioether (sulfide) groups is 2. The third kappa shape index (κ3) is 2.68. The van der Waals surface area contributed by atoms with Crippen LogP contribution < -0.4 is 0 Å². The highest BCUT2D eigenvalue weighted by atomic mass is 32.2. The van der Waals surface area contributed by atoms with E-state index in [9.17, 15) is 0 Å². The molecule has 1 aliphatic heterocycles. The van der Waals surface area contributed by atoms with Crippen LogP contribution in [0.15, 0.2) is 24.3 Å². The summed E-state index contributed by atoms with van der Waals surface area (Å²) in [7, 11) is 0. The van der Waals surface area contributed by atoms with E-state index in [1.807, 2.05) is 0 Å². The summed E-state index contributed by atoms with van der Waals surface area (Å²) in [4.78, 5) is 0. The van der Waals surface area contributed by atoms with Gasteiger partial charge in [0.2, 0.25) is 0 Å². The lowest BCUT2D eigenvalue weighted by Gasteiger charge is -2.05. The summed E-state index contributed by atoms with van der Waals surface area (Å²) in [5, 5.41) is 0. The fraction of sp³-hybridized carbons (Fsp3) is 0.455. The fourth-order valence-corrected chi connectivity index (χ4v) is 3.64. The van der Waals surface area contributed by atoms with Gasteiger partial charge in [-0.05, 0) is 29.1 Å². The van der Waals surface area contributed by atoms with Crippen molar-refractivity contribution in [2.75, 3.05) is 11.5 Å². The SMILES string of the molecule is c1ccc2c(c1)CSCCCSC2. The van der Waals surface area contributed by atoms with E-state index < -0.39 is 0 Å². The molecule has 1 aromatic rings. The summed E-state index contributed by atoms with van der Waals surface area (Å²) in [6, 6.07) is 8.85. The molecule has 0 spiro atoms. The summed E-state index contributed by atoms with van der Waals surface area (Å²) in [5.41, 5.74) is 3.09. The molecule has 2 heteroatoms. The van der Waals surface area contributed by atoms with E-state index in [1.54, 1.807) is 11.1 Å². The zero-order valence-electron chi connectivity index (χ0n) is 7.66. The van der Waals surface area contributed by atoms with E-state index in [1.165, 1.54) is 29.4 Å². The van der Waals surface area contributed by atoms with Crippen molar-refractivity contribution in [3.05, 3.63) is 35.4 Å². The first-order valence-electron chi connectivity index (χ1n) is 4.69. The minimum Gasteiger partial charge on any atom is -0.157 e. The lowest BCUT2D eigenvalue weighted by molar-refractivity contribution is 1.12. The van der Waals surface area contributed by atoms with Crippen molar-refractivity contribution in [2.24, 2.45) is 0 Å². The van der Waals surface area contributed by atoms with Crippen molar-refractivity contribution in [1.82, 2.24) is 0 Å². The Morgan fingerprint density at radius 3 is 1.92 bits per heavy atom. The molecule has 0 N–H and O–H groups in total. The van der Waals surface area contributed by atoms with E-state index >= 15 is 0 Å². The molecule has 0 aliphatic carbocycles. The molecule has 13 heavy (non-hydrogen) atoms. The second-order valence-electron chi connectivity index (χ2n) is 3.23. The first-order valence-corrected chi connectivity index (χ1v) is 7.00. The van der Waals surface area contributed by atoms with Gasteiger partial charge < -0.3 is 0 Å². The predicted octanol–water partition coefficient (Wildman–Crippen LogP) is 3.56. The Bertz CT molecular complexity index is 244. The van der Waals surface area contributed by atoms with Crippen LogP contribution in [0.1, 0.15) is 17.5 Å². The molecule has 0 saturated carbocycles. The Balaban J connectivity index is 2.17. The molecular weight excluding hydrogens is 196 g/mol. The van der Waals surface area contributed by atoms with Gasteiger partial charge in [0.15, 0.2) is 0 Å². The Kier molecular flexibility index (Phi) is 3.62. The molecule has 0 radical (unpaired) electrons. The van der Waals surface area contributed by atoms with Crippen LogP contribution in [-0.4, -0.2) is 11.5 Å². The summed E-state index contributed by atoms with van der Waals surface area (Å²) in [6.45, 7) is 0. The highest BCUT2D eigenvalue weighted by molar-refractivity contribution is 7.99. The molecule has 0 unspecified atom stereocenters. The van der Waals surface area contributed by atoms with Crippen LogP contribution in [0.4, 0.5) is 0 Å². The van der Waals surface area contributed by atoms with Gasteiger partial charge in [-0.15, -0.1) is 0 Å². The lowest BCUT2D eigenvalue weighted by Crippen LogP contribution is -1.88. The van der Waals surface area contributed by atoms with Gasteiger partial charge in [-0.1, -0.05) is 24.3 Å². The Morgan fingerprint density at radius 1 is 0.846 bits per heavy atom. The summed E-state index contributed by atoms with van der Waals surface area (Å²) in [6.07, 6.45) is 1.36. The Labute approximate surface area is 88.5 Å². The average Bonchev–Trinajstić information content (AvgIpc) is 2.28. The summed E-state index contributed by atoms with van der Waals surface area (Å²) < 4.78 is 0. The van der Waals surface area contributed by atoms with Gasteiger partial charge in [0.1, 0.15) is 0 Å². The average molecular weight is 210 g/mol. The zero-order valence-corrected chi connectivity index (χ0v) is 9.29. The van der Waals surface area contributed by atoms with Crippen molar-refractivity contribution in [1.29, 1.82) is 0 Å². The maximum Gasteiger partial charge on any atom is 0.0187 e. The van der Waals surface area contributed by atoms with Crippen molar-refractivity contribution in [3.8, 4) is 0 Å². The van der Waals surface area contributed by atoms with Crippen LogP contribution >= 0.6 is 23.5 Å². The molecule has 0 nitrogen and oxygen atoms in total. The van der Waals surface area contributed by atoms with E-state index in [4.69, 9.17) is 0 Å². The number of rotatable bonds is 0. The standard InChI is InChI=1S/C11H14S2/c1-2-5-11-9-13-7-3-6-12-8-10(11)4-1/h1-2,4-5H,3,6-9H2. The summed E-state index contributed by atoms with van der Waals surface area (Å²) >= 11 is 4.14. The molecule has 1 aliphatic rings. The van der Waals surface area contributed by atoms with Gasteiger partial charge in [-0.25, -0.2) is 0 Å². The maximum atomic E-state index is 2.27. The monoisotopic (exact) mass is 210 g/mol. The van der Waals surface area contributed by atoms with Crippen LogP contribution in [0.3, 0.4) is 0 Å². The minimum absolute atomic E-state index is 1.21. The number of benzene rings is 1. The van der Waals surface area contributed by atoms with Gasteiger partial charge in [0.05, 0.1) is 0 Å². The van der Waals surface area contributed by atoms with Crippen molar-refractivity contribution >= 4 is 23.5 Å². The Hall–Kier alpha value is -0.0800. The molecule has 70 valence electrons. The van der Waals surface area contributed by atoms with Crippen molar-refractivity contribution in [2.45, 2.75) is 17.9 Å². The van der Waals surface area contributed by atoms with E-state index in [0.717, 1.165) is 0 Å². The lowest BCUT2D eigenvalue weighted by atomic mass is 10.1. The van der Waals surface area contributed by atoms with Gasteiger partial charge in [-0.2, -0.15) is 23.5 Å². The van der Waals surface area contributed by atoms with Crippen LogP contribution in [-0.2, 0) is 11.5 Å². The topological polar surface area (TPSA) is 0 Å². The molecular formula is C11H14S2. The fourth-order valence-electron chi connectivity index (χ4n) is 1.47. The molecule has 1 heterocycles. The second-order valence-corrected chi connectivity index (χ2v) is 5.44. The van der Waals surface area contributed by atoms with Gasteiger partial charge in [-0.3, -0.25) is 0 Å². The highest BCUT2D eigenvalue weighted by Crippen LogP contribution is 2.24. The molecule has 0 aromatic heterocycles. The Morgan fingerprint density at radius 2 is 1.38 bits per heavy atom. The third-order valence-corrected chi connectivity index (χ3v) is 4.40. The zero-order chi connectivity index (χ0) is 8.93. The first kappa shape index (κ1) is 9.47. The van der Waals surface area contributed by atoms with Crippen LogP contribution in [0.2, 0.25) is 0 Å². The number of hydrogen-bond acceptors (Lipinski definition) is 2. The van der Waals surface area contributed by atoms with E-state index in [-0.39, 0.29) is 0 Å². The summed E-state index contributed by atoms with van der Waals surface area (Å²) in [5.74, 6) is 5.05. The van der Waals surface area contributed by atoms with Crippen LogP contribution in [0.25, 0.3) is 0 Å². The largest absolute Gasteiger partial charge is 0.157 e. The van der Waals surface area contributed by atoms with Crippen LogP contribution in [0.5, 0.6) is 0 Å². The first-order chi connectivity index (χ1) is 6.47. The number of fused-ring (bicyclic) bond motifs is 1. The maximum absolute atomic E-state index is 2.27. The molecule has 2 rings (SSSR count). The molecule has 1 aromatic carbocycles. The highest BCUT2D eigenvalue weighted by Gasteiger charge is 2.04. The normalized spacial score (nSPS) is 18.2. The van der Waals surface area contributed by atoms with Gasteiger partial charge in [0, 0.05) is 11.5 Å². The molecule has 0 bridgehead atoms. The number of hydrogen-bond donors (Lipinski definition) is 0. The molecule has 0 saturated heterocycles. The van der Waals surface area contributed by atoms with E-state index in [2.05, 4.69) is 47.8 Å².